The van der Waals surface area contributed by atoms with E-state index in [0.29, 0.717) is 17.2 Å². The molecular weight excluding hydrogens is 398 g/mol. The molecule has 4 rings (SSSR count). The van der Waals surface area contributed by atoms with E-state index < -0.39 is 0 Å². The molecule has 168 valence electrons. The van der Waals surface area contributed by atoms with E-state index in [1.165, 1.54) is 0 Å². The van der Waals surface area contributed by atoms with Crippen LogP contribution >= 0.6 is 0 Å². The van der Waals surface area contributed by atoms with E-state index in [1.54, 1.807) is 21.3 Å². The van der Waals surface area contributed by atoms with Crippen molar-refractivity contribution in [3.63, 3.8) is 0 Å². The minimum Gasteiger partial charge on any atom is -0.493 e. The molecule has 0 radical (unpaired) electrons. The highest BCUT2D eigenvalue weighted by molar-refractivity contribution is 5.60. The number of fused-ring (bicyclic) bond motifs is 2. The zero-order valence-corrected chi connectivity index (χ0v) is 19.1. The summed E-state index contributed by atoms with van der Waals surface area (Å²) in [6.07, 6.45) is -0.0769. The van der Waals surface area contributed by atoms with E-state index in [4.69, 9.17) is 28.4 Å². The van der Waals surface area contributed by atoms with E-state index in [2.05, 4.69) is 25.7 Å². The molecule has 7 nitrogen and oxygen atoms in total. The number of hydrogen-bond donors (Lipinski definition) is 0. The Morgan fingerprint density at radius 3 is 2.03 bits per heavy atom. The quantitative estimate of drug-likeness (QED) is 0.651. The monoisotopic (exact) mass is 429 g/mol. The van der Waals surface area contributed by atoms with Gasteiger partial charge in [-0.15, -0.1) is 0 Å². The standard InChI is InChI=1S/C24H31NO6/c1-7-25(8-2)24-14(3)22(15-9-20(26-4)23(28-6)21(10-15)27-5)16-11-18-19(30-13-29-18)12-17(16)31-24/h9-12,14,22,24H,7-8,13H2,1-6H3/t14-,22+,24-/m0/s1. The first kappa shape index (κ1) is 21.4. The second-order valence-electron chi connectivity index (χ2n) is 7.77. The maximum absolute atomic E-state index is 6.53. The van der Waals surface area contributed by atoms with Crippen LogP contribution in [-0.4, -0.2) is 52.3 Å². The van der Waals surface area contributed by atoms with Gasteiger partial charge >= 0.3 is 0 Å². The summed E-state index contributed by atoms with van der Waals surface area (Å²) in [7, 11) is 4.89. The minimum atomic E-state index is -0.0769. The maximum Gasteiger partial charge on any atom is 0.231 e. The fourth-order valence-corrected chi connectivity index (χ4v) is 4.72. The Bertz CT molecular complexity index is 917. The maximum atomic E-state index is 6.53. The Morgan fingerprint density at radius 1 is 0.871 bits per heavy atom. The van der Waals surface area contributed by atoms with Gasteiger partial charge in [0, 0.05) is 23.5 Å². The third-order valence-corrected chi connectivity index (χ3v) is 6.28. The third-order valence-electron chi connectivity index (χ3n) is 6.28. The van der Waals surface area contributed by atoms with Crippen LogP contribution in [0.5, 0.6) is 34.5 Å². The van der Waals surface area contributed by atoms with Crippen LogP contribution in [0.25, 0.3) is 0 Å². The second kappa shape index (κ2) is 8.75. The van der Waals surface area contributed by atoms with E-state index >= 15 is 0 Å². The lowest BCUT2D eigenvalue weighted by molar-refractivity contribution is -0.0257. The van der Waals surface area contributed by atoms with E-state index in [1.807, 2.05) is 24.3 Å². The Kier molecular flexibility index (Phi) is 6.05. The van der Waals surface area contributed by atoms with Crippen molar-refractivity contribution < 1.29 is 28.4 Å². The van der Waals surface area contributed by atoms with Gasteiger partial charge in [-0.3, -0.25) is 4.90 Å². The zero-order valence-electron chi connectivity index (χ0n) is 19.1. The Morgan fingerprint density at radius 2 is 1.48 bits per heavy atom. The molecule has 0 bridgehead atoms. The molecule has 0 fully saturated rings. The van der Waals surface area contributed by atoms with Gasteiger partial charge in [-0.05, 0) is 36.9 Å². The highest BCUT2D eigenvalue weighted by Crippen LogP contribution is 2.51. The lowest BCUT2D eigenvalue weighted by Crippen LogP contribution is -2.48. The fraction of sp³-hybridized carbons (Fsp3) is 0.500. The summed E-state index contributed by atoms with van der Waals surface area (Å²) in [5.74, 6) is 4.34. The second-order valence-corrected chi connectivity index (χ2v) is 7.77. The summed E-state index contributed by atoms with van der Waals surface area (Å²) < 4.78 is 34.6. The Labute approximate surface area is 183 Å². The van der Waals surface area contributed by atoms with Crippen molar-refractivity contribution in [3.8, 4) is 34.5 Å². The lowest BCUT2D eigenvalue weighted by Gasteiger charge is -2.43. The van der Waals surface area contributed by atoms with Gasteiger partial charge in [0.1, 0.15) is 5.75 Å². The van der Waals surface area contributed by atoms with Crippen LogP contribution in [0.3, 0.4) is 0 Å². The Hall–Kier alpha value is -2.80. The fourth-order valence-electron chi connectivity index (χ4n) is 4.72. The number of benzene rings is 2. The average molecular weight is 430 g/mol. The number of hydrogen-bond acceptors (Lipinski definition) is 7. The van der Waals surface area contributed by atoms with Crippen LogP contribution in [0.15, 0.2) is 24.3 Å². The third kappa shape index (κ3) is 3.61. The number of ether oxygens (including phenoxy) is 6. The molecule has 2 heterocycles. The molecule has 31 heavy (non-hydrogen) atoms. The molecule has 0 saturated carbocycles. The Balaban J connectivity index is 1.89. The number of methoxy groups -OCH3 is 3. The molecule has 0 unspecified atom stereocenters. The smallest absolute Gasteiger partial charge is 0.231 e. The molecule has 7 heteroatoms. The molecule has 2 aromatic rings. The van der Waals surface area contributed by atoms with Crippen LogP contribution in [0.2, 0.25) is 0 Å². The van der Waals surface area contributed by atoms with Gasteiger partial charge in [-0.1, -0.05) is 20.8 Å². The van der Waals surface area contributed by atoms with Gasteiger partial charge in [-0.2, -0.15) is 0 Å². The molecule has 0 saturated heterocycles. The van der Waals surface area contributed by atoms with Gasteiger partial charge in [0.2, 0.25) is 12.5 Å². The van der Waals surface area contributed by atoms with Crippen LogP contribution in [0.1, 0.15) is 37.8 Å². The van der Waals surface area contributed by atoms with E-state index in [0.717, 1.165) is 41.5 Å². The van der Waals surface area contributed by atoms with Gasteiger partial charge < -0.3 is 28.4 Å². The molecule has 2 aromatic carbocycles. The molecule has 0 aromatic heterocycles. The van der Waals surface area contributed by atoms with Crippen molar-refractivity contribution in [2.45, 2.75) is 32.9 Å². The molecule has 3 atom stereocenters. The molecule has 0 aliphatic carbocycles. The van der Waals surface area contributed by atoms with Gasteiger partial charge in [0.25, 0.3) is 0 Å². The van der Waals surface area contributed by atoms with Crippen molar-refractivity contribution in [1.82, 2.24) is 4.90 Å². The first-order chi connectivity index (χ1) is 15.1. The van der Waals surface area contributed by atoms with Crippen LogP contribution in [0, 0.1) is 5.92 Å². The van der Waals surface area contributed by atoms with E-state index in [-0.39, 0.29) is 24.9 Å². The SMILES string of the molecule is CCN(CC)[C@H]1Oc2cc3c(cc2[C@@H](c2cc(OC)c(OC)c(OC)c2)[C@@H]1C)OCO3. The summed E-state index contributed by atoms with van der Waals surface area (Å²) in [5, 5.41) is 0. The van der Waals surface area contributed by atoms with Crippen molar-refractivity contribution in [1.29, 1.82) is 0 Å². The first-order valence-electron chi connectivity index (χ1n) is 10.7. The van der Waals surface area contributed by atoms with Gasteiger partial charge in [0.05, 0.1) is 21.3 Å². The summed E-state index contributed by atoms with van der Waals surface area (Å²) in [6, 6.07) is 8.05. The molecular formula is C24H31NO6. The lowest BCUT2D eigenvalue weighted by atomic mass is 9.78. The molecule has 2 aliphatic heterocycles. The largest absolute Gasteiger partial charge is 0.493 e. The topological polar surface area (TPSA) is 58.6 Å². The summed E-state index contributed by atoms with van der Waals surface area (Å²) in [4.78, 5) is 2.34. The number of nitrogens with zero attached hydrogens (tertiary/aromatic N) is 1. The summed E-state index contributed by atoms with van der Waals surface area (Å²) in [5.41, 5.74) is 2.14. The van der Waals surface area contributed by atoms with E-state index in [9.17, 15) is 0 Å². The first-order valence-corrected chi connectivity index (χ1v) is 10.7. The van der Waals surface area contributed by atoms with Crippen molar-refractivity contribution in [2.24, 2.45) is 5.92 Å². The summed E-state index contributed by atoms with van der Waals surface area (Å²) in [6.45, 7) is 8.56. The predicted octanol–water partition coefficient (Wildman–Crippen LogP) is 4.27. The summed E-state index contributed by atoms with van der Waals surface area (Å²) >= 11 is 0. The highest BCUT2D eigenvalue weighted by Gasteiger charge is 2.40. The zero-order chi connectivity index (χ0) is 22.1. The molecule has 0 N–H and O–H groups in total. The van der Waals surface area contributed by atoms with Crippen LogP contribution in [-0.2, 0) is 0 Å². The van der Waals surface area contributed by atoms with Crippen LogP contribution in [0.4, 0.5) is 0 Å². The minimum absolute atomic E-state index is 0.0394. The van der Waals surface area contributed by atoms with Gasteiger partial charge in [0.15, 0.2) is 29.2 Å². The normalized spacial score (nSPS) is 21.5. The van der Waals surface area contributed by atoms with Crippen molar-refractivity contribution in [2.75, 3.05) is 41.2 Å². The molecule has 2 aliphatic rings. The predicted molar refractivity (Wildman–Crippen MR) is 117 cm³/mol. The average Bonchev–Trinajstić information content (AvgIpc) is 3.25. The van der Waals surface area contributed by atoms with Crippen molar-refractivity contribution in [3.05, 3.63) is 35.4 Å². The van der Waals surface area contributed by atoms with Crippen molar-refractivity contribution >= 4 is 0 Å². The molecule has 0 spiro atoms. The van der Waals surface area contributed by atoms with Crippen LogP contribution < -0.4 is 28.4 Å². The van der Waals surface area contributed by atoms with Gasteiger partial charge in [-0.25, -0.2) is 0 Å². The molecule has 0 amide bonds. The number of rotatable bonds is 7. The highest BCUT2D eigenvalue weighted by atomic mass is 16.7.